The van der Waals surface area contributed by atoms with Gasteiger partial charge in [0.2, 0.25) is 0 Å². The Bertz CT molecular complexity index is 1830. The number of fused-ring (bicyclic) bond motifs is 1. The van der Waals surface area contributed by atoms with Crippen LogP contribution in [0, 0.1) is 0 Å². The highest BCUT2D eigenvalue weighted by atomic mass is 31.1. The first-order valence-corrected chi connectivity index (χ1v) is 25.4. The number of benzene rings is 6. The average Bonchev–Trinajstić information content (AvgIpc) is 3.67. The molecule has 0 aromatic heterocycles. The monoisotopic (exact) mass is 752 g/mol. The zero-order valence-electron chi connectivity index (χ0n) is 31.2. The standard InChI is InChI=1S/C48H52P4/c1-35-25-26-36(2)49(35)33-41-29-39-32-48(52(45-21-13-7-14-22-45)46-23-15-8-16-24-46)42(34-50-37(3)27-28-38(50)4)30-40(39)31-47(41)51(43-17-9-5-10-18-43)44-19-11-6-12-20-44/h5-24,29-32,35-38H,25-28,33-34H2,1-4H3/t35-,36-,37-,38-/m1/s1. The third kappa shape index (κ3) is 7.63. The van der Waals surface area contributed by atoms with E-state index in [9.17, 15) is 0 Å². The highest BCUT2D eigenvalue weighted by Gasteiger charge is 2.33. The predicted octanol–water partition coefficient (Wildman–Crippen LogP) is 11.5. The Labute approximate surface area is 317 Å². The maximum atomic E-state index is 2.68. The van der Waals surface area contributed by atoms with Gasteiger partial charge in [-0.15, -0.1) is 0 Å². The van der Waals surface area contributed by atoms with Crippen LogP contribution in [0.5, 0.6) is 0 Å². The Kier molecular flexibility index (Phi) is 11.4. The van der Waals surface area contributed by atoms with Crippen molar-refractivity contribution in [1.82, 2.24) is 0 Å². The summed E-state index contributed by atoms with van der Waals surface area (Å²) >= 11 is 0. The third-order valence-corrected chi connectivity index (χ3v) is 23.8. The van der Waals surface area contributed by atoms with Crippen molar-refractivity contribution < 1.29 is 0 Å². The fraction of sp³-hybridized carbons (Fsp3) is 0.292. The predicted molar refractivity (Wildman–Crippen MR) is 239 cm³/mol. The van der Waals surface area contributed by atoms with E-state index in [2.05, 4.69) is 173 Å². The van der Waals surface area contributed by atoms with Crippen LogP contribution in [0.25, 0.3) is 10.8 Å². The van der Waals surface area contributed by atoms with Crippen molar-refractivity contribution in [2.75, 3.05) is 0 Å². The van der Waals surface area contributed by atoms with Crippen LogP contribution in [-0.4, -0.2) is 22.6 Å². The van der Waals surface area contributed by atoms with Gasteiger partial charge in [0.1, 0.15) is 0 Å². The molecule has 0 aliphatic carbocycles. The lowest BCUT2D eigenvalue weighted by Crippen LogP contribution is -2.25. The summed E-state index contributed by atoms with van der Waals surface area (Å²) in [7, 11) is -1.56. The molecule has 0 N–H and O–H groups in total. The molecule has 2 aliphatic heterocycles. The maximum absolute atomic E-state index is 2.68. The number of rotatable bonds is 10. The van der Waals surface area contributed by atoms with Gasteiger partial charge in [0.25, 0.3) is 0 Å². The summed E-state index contributed by atoms with van der Waals surface area (Å²) in [5.74, 6) is 0. The lowest BCUT2D eigenvalue weighted by Gasteiger charge is -2.29. The number of hydrogen-bond acceptors (Lipinski definition) is 0. The molecule has 264 valence electrons. The number of hydrogen-bond donors (Lipinski definition) is 0. The van der Waals surface area contributed by atoms with Crippen molar-refractivity contribution in [2.45, 2.75) is 88.3 Å². The van der Waals surface area contributed by atoms with Gasteiger partial charge < -0.3 is 0 Å². The minimum Gasteiger partial charge on any atom is -0.0964 e. The molecule has 0 nitrogen and oxygen atoms in total. The van der Waals surface area contributed by atoms with Crippen LogP contribution in [0.15, 0.2) is 146 Å². The molecule has 2 saturated heterocycles. The Hall–Kier alpha value is -2.70. The van der Waals surface area contributed by atoms with Gasteiger partial charge in [0.05, 0.1) is 0 Å². The highest BCUT2D eigenvalue weighted by molar-refractivity contribution is 7.80. The van der Waals surface area contributed by atoms with Crippen LogP contribution in [0.1, 0.15) is 64.5 Å². The van der Waals surface area contributed by atoms with Crippen LogP contribution < -0.4 is 31.8 Å². The molecule has 4 heteroatoms. The Morgan fingerprint density at radius 2 is 0.673 bits per heavy atom. The SMILES string of the molecule is C[C@@H]1CC[C@@H](C)P1Cc1cc2cc(P(c3ccccc3)c3ccccc3)c(CP3[C@H](C)CC[C@H]3C)cc2cc1P(c1ccccc1)c1ccccc1. The van der Waals surface area contributed by atoms with Gasteiger partial charge in [-0.1, -0.05) is 177 Å². The molecule has 0 radical (unpaired) electrons. The molecule has 2 heterocycles. The second kappa shape index (κ2) is 16.3. The van der Waals surface area contributed by atoms with Crippen molar-refractivity contribution in [2.24, 2.45) is 0 Å². The summed E-state index contributed by atoms with van der Waals surface area (Å²) in [5.41, 5.74) is 6.51. The minimum atomic E-state index is -0.700. The molecule has 0 unspecified atom stereocenters. The molecule has 6 aromatic rings. The summed E-state index contributed by atoms with van der Waals surface area (Å²) in [4.78, 5) is 0. The van der Waals surface area contributed by atoms with Crippen LogP contribution in [-0.2, 0) is 12.3 Å². The molecule has 0 amide bonds. The van der Waals surface area contributed by atoms with Crippen LogP contribution in [0.2, 0.25) is 0 Å². The highest BCUT2D eigenvalue weighted by Crippen LogP contribution is 2.59. The molecule has 0 bridgehead atoms. The average molecular weight is 753 g/mol. The van der Waals surface area contributed by atoms with Crippen molar-refractivity contribution in [1.29, 1.82) is 0 Å². The van der Waals surface area contributed by atoms with E-state index in [1.54, 1.807) is 21.7 Å². The Morgan fingerprint density at radius 3 is 0.942 bits per heavy atom. The smallest absolute Gasteiger partial charge is 0.00615 e. The second-order valence-electron chi connectivity index (χ2n) is 15.2. The van der Waals surface area contributed by atoms with E-state index in [0.29, 0.717) is 0 Å². The van der Waals surface area contributed by atoms with Crippen molar-refractivity contribution in [3.8, 4) is 0 Å². The van der Waals surface area contributed by atoms with E-state index in [1.165, 1.54) is 70.0 Å². The first-order chi connectivity index (χ1) is 25.4. The summed E-state index contributed by atoms with van der Waals surface area (Å²) < 4.78 is 0. The molecule has 52 heavy (non-hydrogen) atoms. The Balaban J connectivity index is 1.37. The molecule has 2 fully saturated rings. The first-order valence-electron chi connectivity index (χ1n) is 19.4. The Morgan fingerprint density at radius 1 is 0.404 bits per heavy atom. The van der Waals surface area contributed by atoms with Gasteiger partial charge in [-0.05, 0) is 142 Å². The molecule has 6 aromatic carbocycles. The van der Waals surface area contributed by atoms with E-state index in [-0.39, 0.29) is 15.8 Å². The molecule has 0 saturated carbocycles. The van der Waals surface area contributed by atoms with Crippen LogP contribution in [0.4, 0.5) is 0 Å². The van der Waals surface area contributed by atoms with E-state index in [0.717, 1.165) is 22.6 Å². The normalized spacial score (nSPS) is 21.1. The fourth-order valence-corrected chi connectivity index (χ4v) is 20.2. The van der Waals surface area contributed by atoms with Crippen LogP contribution in [0.3, 0.4) is 0 Å². The summed E-state index contributed by atoms with van der Waals surface area (Å²) in [5, 5.41) is 11.8. The fourth-order valence-electron chi connectivity index (χ4n) is 8.77. The zero-order chi connectivity index (χ0) is 35.6. The van der Waals surface area contributed by atoms with E-state index >= 15 is 0 Å². The topological polar surface area (TPSA) is 0 Å². The van der Waals surface area contributed by atoms with Gasteiger partial charge >= 0.3 is 0 Å². The van der Waals surface area contributed by atoms with Gasteiger partial charge in [-0.2, -0.15) is 0 Å². The zero-order valence-corrected chi connectivity index (χ0v) is 34.8. The molecule has 8 rings (SSSR count). The lowest BCUT2D eigenvalue weighted by molar-refractivity contribution is 0.777. The van der Waals surface area contributed by atoms with Crippen molar-refractivity contribution in [3.63, 3.8) is 0 Å². The van der Waals surface area contributed by atoms with E-state index in [4.69, 9.17) is 0 Å². The molecule has 2 aliphatic rings. The largest absolute Gasteiger partial charge is 0.0964 e. The van der Waals surface area contributed by atoms with E-state index < -0.39 is 15.8 Å². The molecule has 4 atom stereocenters. The summed E-state index contributed by atoms with van der Waals surface area (Å²) in [6.07, 6.45) is 7.98. The summed E-state index contributed by atoms with van der Waals surface area (Å²) in [6, 6.07) is 56.4. The first kappa shape index (κ1) is 36.3. The van der Waals surface area contributed by atoms with E-state index in [1.807, 2.05) is 0 Å². The second-order valence-corrected chi connectivity index (χ2v) is 25.8. The summed E-state index contributed by atoms with van der Waals surface area (Å²) in [6.45, 7) is 10.2. The van der Waals surface area contributed by atoms with Crippen molar-refractivity contribution >= 4 is 74.3 Å². The van der Waals surface area contributed by atoms with Gasteiger partial charge in [-0.3, -0.25) is 0 Å². The van der Waals surface area contributed by atoms with Crippen LogP contribution >= 0.6 is 31.7 Å². The molecular formula is C48H52P4. The van der Waals surface area contributed by atoms with Gasteiger partial charge in [0, 0.05) is 0 Å². The third-order valence-electron chi connectivity index (χ3n) is 11.7. The lowest BCUT2D eigenvalue weighted by atomic mass is 10.0. The molecular weight excluding hydrogens is 700 g/mol. The molecule has 0 spiro atoms. The quantitative estimate of drug-likeness (QED) is 0.122. The van der Waals surface area contributed by atoms with Crippen molar-refractivity contribution in [3.05, 3.63) is 157 Å². The minimum absolute atomic E-state index is 0.0791. The van der Waals surface area contributed by atoms with Gasteiger partial charge in [0.15, 0.2) is 0 Å². The maximum Gasteiger partial charge on any atom is -0.00615 e. The van der Waals surface area contributed by atoms with Gasteiger partial charge in [-0.25, -0.2) is 0 Å².